The van der Waals surface area contributed by atoms with Crippen LogP contribution in [0.2, 0.25) is 0 Å². The van der Waals surface area contributed by atoms with Crippen molar-refractivity contribution in [1.29, 1.82) is 0 Å². The molecule has 0 aliphatic carbocycles. The van der Waals surface area contributed by atoms with Crippen LogP contribution in [0, 0.1) is 0 Å². The molecule has 14 heavy (non-hydrogen) atoms. The van der Waals surface area contributed by atoms with Crippen LogP contribution in [0.15, 0.2) is 36.4 Å². The maximum atomic E-state index is 2.21. The van der Waals surface area contributed by atoms with E-state index in [2.05, 4.69) is 43.3 Å². The molecule has 76 valence electrons. The summed E-state index contributed by atoms with van der Waals surface area (Å²) in [7, 11) is 0. The summed E-state index contributed by atoms with van der Waals surface area (Å²) in [5, 5.41) is 2.78. The second kappa shape index (κ2) is 7.56. The van der Waals surface area contributed by atoms with E-state index in [0.717, 1.165) is 6.42 Å². The molecular formula is C11H13Cl2Hf-. The second-order valence-electron chi connectivity index (χ2n) is 2.80. The Bertz CT molecular complexity index is 368. The molecule has 0 heterocycles. The molecule has 0 bridgehead atoms. The fraction of sp³-hybridized carbons (Fsp3) is 0.182. The number of hydrogen-bond donors (Lipinski definition) is 0. The molecule has 0 N–H and O–H groups in total. The third-order valence-corrected chi connectivity index (χ3v) is 2.15. The Morgan fingerprint density at radius 3 is 2.36 bits per heavy atom. The fourth-order valence-corrected chi connectivity index (χ4v) is 1.52. The summed E-state index contributed by atoms with van der Waals surface area (Å²) in [5.74, 6) is 0. The van der Waals surface area contributed by atoms with Crippen molar-refractivity contribution in [3.8, 4) is 0 Å². The Hall–Kier alpha value is 0.280. The SMILES string of the molecule is CC[c-]1ccc2ccccc21.Cl.Cl.[Hf]. The average Bonchev–Trinajstić information content (AvgIpc) is 2.47. The Labute approximate surface area is 116 Å². The third-order valence-electron chi connectivity index (χ3n) is 2.15. The van der Waals surface area contributed by atoms with Gasteiger partial charge in [-0.05, 0) is 0 Å². The minimum atomic E-state index is 0. The summed E-state index contributed by atoms with van der Waals surface area (Å²) in [6, 6.07) is 12.9. The van der Waals surface area contributed by atoms with Gasteiger partial charge in [0.1, 0.15) is 0 Å². The van der Waals surface area contributed by atoms with Crippen molar-refractivity contribution in [3.05, 3.63) is 42.0 Å². The summed E-state index contributed by atoms with van der Waals surface area (Å²) in [5.41, 5.74) is 1.46. The summed E-state index contributed by atoms with van der Waals surface area (Å²) in [6.07, 6.45) is 1.13. The quantitative estimate of drug-likeness (QED) is 0.507. The predicted molar refractivity (Wildman–Crippen MR) is 63.4 cm³/mol. The van der Waals surface area contributed by atoms with Gasteiger partial charge < -0.3 is 0 Å². The Balaban J connectivity index is 0. The summed E-state index contributed by atoms with van der Waals surface area (Å²) >= 11 is 0. The van der Waals surface area contributed by atoms with Crippen molar-refractivity contribution in [2.75, 3.05) is 0 Å². The normalized spacial score (nSPS) is 8.36. The third kappa shape index (κ3) is 3.15. The van der Waals surface area contributed by atoms with E-state index in [0.29, 0.717) is 0 Å². The molecule has 3 heteroatoms. The van der Waals surface area contributed by atoms with Crippen LogP contribution in [-0.4, -0.2) is 0 Å². The molecule has 2 aromatic rings. The zero-order valence-electron chi connectivity index (χ0n) is 7.99. The van der Waals surface area contributed by atoms with Gasteiger partial charge in [-0.1, -0.05) is 19.4 Å². The molecular weight excluding hydrogens is 382 g/mol. The van der Waals surface area contributed by atoms with Gasteiger partial charge in [-0.3, -0.25) is 0 Å². The smallest absolute Gasteiger partial charge is 0 e. The van der Waals surface area contributed by atoms with Crippen molar-refractivity contribution < 1.29 is 25.8 Å². The first kappa shape index (κ1) is 16.7. The van der Waals surface area contributed by atoms with Gasteiger partial charge in [0.2, 0.25) is 0 Å². The molecule has 0 aliphatic heterocycles. The standard InChI is InChI=1S/C11H11.2ClH.Hf/c1-2-9-7-8-10-5-3-4-6-11(9)10;;;/h3-8H,2H2,1H3;2*1H;/q-1;;;. The van der Waals surface area contributed by atoms with Crippen LogP contribution < -0.4 is 0 Å². The maximum absolute atomic E-state index is 2.21. The minimum Gasteiger partial charge on any atom is -0.168 e. The first-order chi connectivity index (χ1) is 5.42. The van der Waals surface area contributed by atoms with Crippen molar-refractivity contribution in [2.24, 2.45) is 0 Å². The van der Waals surface area contributed by atoms with Gasteiger partial charge in [-0.2, -0.15) is 6.07 Å². The fourth-order valence-electron chi connectivity index (χ4n) is 1.52. The van der Waals surface area contributed by atoms with E-state index < -0.39 is 0 Å². The van der Waals surface area contributed by atoms with E-state index in [1.807, 2.05) is 0 Å². The zero-order chi connectivity index (χ0) is 7.68. The maximum Gasteiger partial charge on any atom is 0 e. The van der Waals surface area contributed by atoms with Crippen molar-refractivity contribution >= 4 is 35.6 Å². The summed E-state index contributed by atoms with van der Waals surface area (Å²) in [4.78, 5) is 0. The van der Waals surface area contributed by atoms with Crippen LogP contribution in [0.5, 0.6) is 0 Å². The molecule has 0 amide bonds. The molecule has 0 unspecified atom stereocenters. The van der Waals surface area contributed by atoms with Crippen LogP contribution in [0.4, 0.5) is 0 Å². The van der Waals surface area contributed by atoms with Crippen molar-refractivity contribution in [2.45, 2.75) is 13.3 Å². The van der Waals surface area contributed by atoms with E-state index in [9.17, 15) is 0 Å². The number of rotatable bonds is 1. The summed E-state index contributed by atoms with van der Waals surface area (Å²) in [6.45, 7) is 2.20. The Kier molecular flexibility index (Phi) is 9.01. The number of hydrogen-bond acceptors (Lipinski definition) is 0. The summed E-state index contributed by atoms with van der Waals surface area (Å²) < 4.78 is 0. The van der Waals surface area contributed by atoms with Gasteiger partial charge >= 0.3 is 0 Å². The van der Waals surface area contributed by atoms with Gasteiger partial charge in [0.15, 0.2) is 0 Å². The van der Waals surface area contributed by atoms with Gasteiger partial charge in [0.05, 0.1) is 0 Å². The van der Waals surface area contributed by atoms with Crippen LogP contribution in [0.3, 0.4) is 0 Å². The van der Waals surface area contributed by atoms with E-state index in [1.165, 1.54) is 16.3 Å². The molecule has 0 aliphatic rings. The number of aryl methyl sites for hydroxylation is 1. The molecule has 0 fully saturated rings. The minimum absolute atomic E-state index is 0. The Morgan fingerprint density at radius 1 is 1.07 bits per heavy atom. The van der Waals surface area contributed by atoms with Crippen molar-refractivity contribution in [1.82, 2.24) is 0 Å². The molecule has 0 saturated carbocycles. The van der Waals surface area contributed by atoms with Crippen LogP contribution >= 0.6 is 24.8 Å². The number of fused-ring (bicyclic) bond motifs is 1. The monoisotopic (exact) mass is 395 g/mol. The topological polar surface area (TPSA) is 0 Å². The van der Waals surface area contributed by atoms with Crippen LogP contribution in [-0.2, 0) is 32.3 Å². The first-order valence-electron chi connectivity index (χ1n) is 4.05. The number of halogens is 2. The molecule has 0 atom stereocenters. The Morgan fingerprint density at radius 2 is 1.71 bits per heavy atom. The van der Waals surface area contributed by atoms with Gasteiger partial charge in [0, 0.05) is 25.8 Å². The van der Waals surface area contributed by atoms with Gasteiger partial charge in [-0.15, -0.1) is 65.4 Å². The molecule has 0 aromatic heterocycles. The number of benzene rings is 1. The first-order valence-corrected chi connectivity index (χ1v) is 4.05. The zero-order valence-corrected chi connectivity index (χ0v) is 13.2. The average molecular weight is 395 g/mol. The molecule has 0 radical (unpaired) electrons. The molecule has 0 saturated heterocycles. The van der Waals surface area contributed by atoms with E-state index in [-0.39, 0.29) is 50.7 Å². The van der Waals surface area contributed by atoms with Gasteiger partial charge in [0.25, 0.3) is 0 Å². The molecule has 0 spiro atoms. The molecule has 2 rings (SSSR count). The van der Waals surface area contributed by atoms with Crippen LogP contribution in [0.1, 0.15) is 12.5 Å². The predicted octanol–water partition coefficient (Wildman–Crippen LogP) is 3.96. The second-order valence-corrected chi connectivity index (χ2v) is 2.80. The van der Waals surface area contributed by atoms with E-state index >= 15 is 0 Å². The molecule has 2 aromatic carbocycles. The molecule has 0 nitrogen and oxygen atoms in total. The van der Waals surface area contributed by atoms with E-state index in [4.69, 9.17) is 0 Å². The van der Waals surface area contributed by atoms with E-state index in [1.54, 1.807) is 0 Å². The van der Waals surface area contributed by atoms with Gasteiger partial charge in [-0.25, -0.2) is 0 Å². The van der Waals surface area contributed by atoms with Crippen LogP contribution in [0.25, 0.3) is 10.8 Å². The largest absolute Gasteiger partial charge is 0.168 e. The van der Waals surface area contributed by atoms with Crippen molar-refractivity contribution in [3.63, 3.8) is 0 Å².